The van der Waals surface area contributed by atoms with Gasteiger partial charge in [-0.1, -0.05) is 17.3 Å². The van der Waals surface area contributed by atoms with Gasteiger partial charge in [0.15, 0.2) is 12.4 Å². The summed E-state index contributed by atoms with van der Waals surface area (Å²) in [7, 11) is 0. The molecule has 7 nitrogen and oxygen atoms in total. The van der Waals surface area contributed by atoms with Crippen molar-refractivity contribution in [2.75, 3.05) is 0 Å². The van der Waals surface area contributed by atoms with Crippen LogP contribution < -0.4 is 21.5 Å². The summed E-state index contributed by atoms with van der Waals surface area (Å²) in [5.74, 6) is -0.248. The molecule has 0 amide bonds. The second kappa shape index (κ2) is 7.99. The Labute approximate surface area is 136 Å². The number of nitrogens with zero attached hydrogens (tertiary/aromatic N) is 3. The van der Waals surface area contributed by atoms with Crippen molar-refractivity contribution in [1.29, 1.82) is 0 Å². The van der Waals surface area contributed by atoms with E-state index in [0.29, 0.717) is 5.56 Å². The highest BCUT2D eigenvalue weighted by Crippen LogP contribution is 2.13. The third kappa shape index (κ3) is 4.45. The van der Waals surface area contributed by atoms with E-state index in [4.69, 9.17) is 5.21 Å². The molecule has 2 aromatic rings. The van der Waals surface area contributed by atoms with Crippen LogP contribution in [0.2, 0.25) is 0 Å². The molecular weight excluding hydrogens is 354 g/mol. The van der Waals surface area contributed by atoms with E-state index in [1.165, 1.54) is 30.5 Å². The molecule has 0 aliphatic heterocycles. The van der Waals surface area contributed by atoms with E-state index < -0.39 is 4.92 Å². The van der Waals surface area contributed by atoms with Crippen molar-refractivity contribution in [2.45, 2.75) is 6.54 Å². The average molecular weight is 366 g/mol. The van der Waals surface area contributed by atoms with E-state index in [-0.39, 0.29) is 40.6 Å². The van der Waals surface area contributed by atoms with Gasteiger partial charge in [-0.25, -0.2) is 0 Å². The van der Waals surface area contributed by atoms with Gasteiger partial charge in [0, 0.05) is 23.8 Å². The van der Waals surface area contributed by atoms with Crippen LogP contribution in [0.1, 0.15) is 15.9 Å². The molecule has 0 bridgehead atoms. The number of Topliss-reactive ketones (excluding diaryl/α,β-unsaturated/α-hetero) is 1. The molecule has 2 rings (SSSR count). The maximum Gasteiger partial charge on any atom is 0.270 e. The third-order valence-electron chi connectivity index (χ3n) is 2.79. The number of ketones is 1. The van der Waals surface area contributed by atoms with E-state index in [0.717, 1.165) is 0 Å². The normalized spacial score (nSPS) is 10.2. The van der Waals surface area contributed by atoms with Gasteiger partial charge in [-0.15, -0.1) is 0 Å². The molecule has 1 N–H and O–H groups in total. The Kier molecular flexibility index (Phi) is 6.33. The Hall–Kier alpha value is -2.61. The van der Waals surface area contributed by atoms with Crippen LogP contribution in [0, 0.1) is 10.1 Å². The molecule has 0 aliphatic rings. The molecule has 1 aromatic carbocycles. The Morgan fingerprint density at radius 2 is 2.14 bits per heavy atom. The molecule has 0 radical (unpaired) electrons. The van der Waals surface area contributed by atoms with Crippen molar-refractivity contribution in [1.82, 2.24) is 0 Å². The summed E-state index contributed by atoms with van der Waals surface area (Å²) < 4.78 is 1.61. The zero-order valence-electron chi connectivity index (χ0n) is 11.3. The molecule has 0 fully saturated rings. The first kappa shape index (κ1) is 17.4. The highest BCUT2D eigenvalue weighted by molar-refractivity contribution is 5.95. The molecule has 0 unspecified atom stereocenters. The topological polar surface area (TPSA) is 96.7 Å². The molecule has 114 valence electrons. The minimum Gasteiger partial charge on any atom is -1.00 e. The van der Waals surface area contributed by atoms with Crippen LogP contribution in [0.5, 0.6) is 0 Å². The fourth-order valence-electron chi connectivity index (χ4n) is 1.83. The van der Waals surface area contributed by atoms with Gasteiger partial charge in [-0.2, -0.15) is 4.57 Å². The summed E-state index contributed by atoms with van der Waals surface area (Å²) in [5, 5.41) is 22.1. The van der Waals surface area contributed by atoms with E-state index in [1.54, 1.807) is 29.1 Å². The SMILES string of the molecule is O=C(C[n+]1cccc(C=NO)c1)c1cccc([N+](=O)[O-])c1.[Br-]. The number of carbonyl (C=O) groups is 1. The van der Waals surface area contributed by atoms with Crippen LogP contribution in [0.3, 0.4) is 0 Å². The fourth-order valence-corrected chi connectivity index (χ4v) is 1.83. The summed E-state index contributed by atoms with van der Waals surface area (Å²) >= 11 is 0. The zero-order chi connectivity index (χ0) is 15.2. The van der Waals surface area contributed by atoms with E-state index in [1.807, 2.05) is 0 Å². The van der Waals surface area contributed by atoms with Gasteiger partial charge >= 0.3 is 0 Å². The second-order valence-electron chi connectivity index (χ2n) is 4.28. The van der Waals surface area contributed by atoms with Crippen LogP contribution in [0.15, 0.2) is 53.9 Å². The summed E-state index contributed by atoms with van der Waals surface area (Å²) in [6, 6.07) is 9.02. The number of nitro benzene ring substituents is 1. The molecule has 0 saturated heterocycles. The molecule has 1 heterocycles. The Morgan fingerprint density at radius 3 is 2.82 bits per heavy atom. The van der Waals surface area contributed by atoms with Crippen LogP contribution in [-0.2, 0) is 6.54 Å². The predicted molar refractivity (Wildman–Crippen MR) is 73.4 cm³/mol. The number of halogens is 1. The van der Waals surface area contributed by atoms with E-state index in [9.17, 15) is 14.9 Å². The predicted octanol–water partition coefficient (Wildman–Crippen LogP) is -1.42. The number of non-ortho nitro benzene ring substituents is 1. The second-order valence-corrected chi connectivity index (χ2v) is 4.28. The smallest absolute Gasteiger partial charge is 0.270 e. The number of benzene rings is 1. The van der Waals surface area contributed by atoms with Gasteiger partial charge < -0.3 is 22.2 Å². The summed E-state index contributed by atoms with van der Waals surface area (Å²) in [5.41, 5.74) is 0.789. The standard InChI is InChI=1S/C14H11N3O4.BrH/c18-14(12-4-1-5-13(7-12)17(20)21)10-16-6-2-3-11(9-16)8-15-19;/h1-9H,10H2;1H. The minimum atomic E-state index is -0.539. The summed E-state index contributed by atoms with van der Waals surface area (Å²) in [6.07, 6.45) is 4.56. The van der Waals surface area contributed by atoms with Gasteiger partial charge in [0.2, 0.25) is 12.3 Å². The van der Waals surface area contributed by atoms with Crippen molar-refractivity contribution in [3.05, 3.63) is 70.0 Å². The Balaban J connectivity index is 0.00000242. The van der Waals surface area contributed by atoms with E-state index in [2.05, 4.69) is 5.16 Å². The number of hydrogen-bond donors (Lipinski definition) is 1. The third-order valence-corrected chi connectivity index (χ3v) is 2.79. The monoisotopic (exact) mass is 365 g/mol. The van der Waals surface area contributed by atoms with Crippen LogP contribution >= 0.6 is 0 Å². The van der Waals surface area contributed by atoms with Gasteiger partial charge in [-0.3, -0.25) is 14.9 Å². The molecular formula is C14H12BrN3O4. The zero-order valence-corrected chi connectivity index (χ0v) is 12.9. The number of pyridine rings is 1. The molecule has 0 atom stereocenters. The summed E-state index contributed by atoms with van der Waals surface area (Å²) in [4.78, 5) is 22.3. The fraction of sp³-hybridized carbons (Fsp3) is 0.0714. The molecule has 0 aliphatic carbocycles. The van der Waals surface area contributed by atoms with Crippen molar-refractivity contribution in [2.24, 2.45) is 5.16 Å². The molecule has 8 heteroatoms. The summed E-state index contributed by atoms with van der Waals surface area (Å²) in [6.45, 7) is 0.0360. The molecule has 0 spiro atoms. The van der Waals surface area contributed by atoms with Gasteiger partial charge in [0.25, 0.3) is 5.69 Å². The number of carbonyl (C=O) groups excluding carboxylic acids is 1. The lowest BCUT2D eigenvalue weighted by molar-refractivity contribution is -0.683. The number of oxime groups is 1. The van der Waals surface area contributed by atoms with Gasteiger partial charge in [-0.05, 0) is 6.07 Å². The van der Waals surface area contributed by atoms with Crippen LogP contribution in [0.25, 0.3) is 0 Å². The van der Waals surface area contributed by atoms with Crippen molar-refractivity contribution in [3.63, 3.8) is 0 Å². The maximum absolute atomic E-state index is 12.1. The first-order valence-electron chi connectivity index (χ1n) is 6.04. The molecule has 22 heavy (non-hydrogen) atoms. The maximum atomic E-state index is 12.1. The Bertz CT molecular complexity index is 719. The van der Waals surface area contributed by atoms with Gasteiger partial charge in [0.05, 0.1) is 16.7 Å². The van der Waals surface area contributed by atoms with Gasteiger partial charge in [0.1, 0.15) is 0 Å². The first-order chi connectivity index (χ1) is 10.1. The Morgan fingerprint density at radius 1 is 1.36 bits per heavy atom. The first-order valence-corrected chi connectivity index (χ1v) is 6.04. The highest BCUT2D eigenvalue weighted by atomic mass is 79.9. The van der Waals surface area contributed by atoms with Crippen molar-refractivity contribution < 1.29 is 36.5 Å². The number of nitro groups is 1. The quantitative estimate of drug-likeness (QED) is 0.175. The average Bonchev–Trinajstić information content (AvgIpc) is 2.48. The molecule has 0 saturated carbocycles. The number of rotatable bonds is 5. The largest absolute Gasteiger partial charge is 1.00 e. The van der Waals surface area contributed by atoms with Crippen molar-refractivity contribution in [3.8, 4) is 0 Å². The molecule has 1 aromatic heterocycles. The lowest BCUT2D eigenvalue weighted by Crippen LogP contribution is -3.00. The van der Waals surface area contributed by atoms with E-state index >= 15 is 0 Å². The van der Waals surface area contributed by atoms with Crippen molar-refractivity contribution >= 4 is 17.7 Å². The number of aromatic nitrogens is 1. The lowest BCUT2D eigenvalue weighted by atomic mass is 10.1. The number of hydrogen-bond acceptors (Lipinski definition) is 5. The lowest BCUT2D eigenvalue weighted by Gasteiger charge is -1.99. The minimum absolute atomic E-state index is 0. The highest BCUT2D eigenvalue weighted by Gasteiger charge is 2.15. The van der Waals surface area contributed by atoms with Crippen LogP contribution in [-0.4, -0.2) is 22.1 Å². The van der Waals surface area contributed by atoms with Crippen LogP contribution in [0.4, 0.5) is 5.69 Å².